The van der Waals surface area contributed by atoms with Gasteiger partial charge in [0.2, 0.25) is 18.9 Å². The van der Waals surface area contributed by atoms with E-state index >= 15 is 0 Å². The fraction of sp³-hybridized carbons (Fsp3) is 0.250. The van der Waals surface area contributed by atoms with Gasteiger partial charge in [-0.25, -0.2) is 0 Å². The number of para-hydroxylation sites is 1. The third-order valence-corrected chi connectivity index (χ3v) is 9.09. The number of aliphatic hydroxyl groups is 3. The third kappa shape index (κ3) is 12.1. The number of hydrogen-bond acceptors (Lipinski definition) is 11. The molecule has 0 saturated heterocycles. The van der Waals surface area contributed by atoms with Gasteiger partial charge < -0.3 is 53.5 Å². The highest BCUT2D eigenvalue weighted by Crippen LogP contribution is 2.39. The molecule has 0 amide bonds. The van der Waals surface area contributed by atoms with Crippen molar-refractivity contribution in [3.63, 3.8) is 0 Å². The quantitative estimate of drug-likeness (QED) is 0.0570. The van der Waals surface area contributed by atoms with Crippen LogP contribution in [0.2, 0.25) is 0 Å². The number of ether oxygens (including phenoxy) is 6. The van der Waals surface area contributed by atoms with Crippen molar-refractivity contribution in [3.8, 4) is 28.4 Å². The Hall–Kier alpha value is -5.92. The fourth-order valence-corrected chi connectivity index (χ4v) is 6.33. The van der Waals surface area contributed by atoms with Gasteiger partial charge >= 0.3 is 0 Å². The van der Waals surface area contributed by atoms with E-state index in [9.17, 15) is 15.3 Å². The number of anilines is 6. The number of rotatable bonds is 22. The summed E-state index contributed by atoms with van der Waals surface area (Å²) in [7, 11) is 0. The first-order valence-corrected chi connectivity index (χ1v) is 19.8. The van der Waals surface area contributed by atoms with Crippen molar-refractivity contribution in [2.45, 2.75) is 39.6 Å². The molecule has 0 saturated carbocycles. The number of benzene rings is 6. The van der Waals surface area contributed by atoms with Gasteiger partial charge in [0.15, 0.2) is 0 Å². The van der Waals surface area contributed by atoms with Crippen LogP contribution in [-0.4, -0.2) is 73.8 Å². The number of hydrogen-bond donors (Lipinski definition) is 3. The molecule has 308 valence electrons. The molecule has 11 nitrogen and oxygen atoms in total. The Morgan fingerprint density at radius 1 is 0.356 bits per heavy atom. The number of aliphatic hydroxyl groups excluding tert-OH is 3. The average Bonchev–Trinajstić information content (AvgIpc) is 3.27. The molecule has 0 bridgehead atoms. The summed E-state index contributed by atoms with van der Waals surface area (Å²) < 4.78 is 32.8. The molecule has 6 aromatic rings. The molecule has 3 unspecified atom stereocenters. The van der Waals surface area contributed by atoms with Crippen LogP contribution in [0.4, 0.5) is 34.1 Å². The fourth-order valence-electron chi connectivity index (χ4n) is 6.33. The summed E-state index contributed by atoms with van der Waals surface area (Å²) >= 11 is 0. The summed E-state index contributed by atoms with van der Waals surface area (Å²) in [5, 5.41) is 30.6. The highest BCUT2D eigenvalue weighted by molar-refractivity contribution is 5.81. The molecule has 59 heavy (non-hydrogen) atoms. The summed E-state index contributed by atoms with van der Waals surface area (Å²) in [6, 6.07) is 49.4. The van der Waals surface area contributed by atoms with Crippen LogP contribution in [0, 0.1) is 0 Å². The molecule has 0 aliphatic carbocycles. The van der Waals surface area contributed by atoms with Gasteiger partial charge in [-0.1, -0.05) is 42.5 Å². The molecule has 3 atom stereocenters. The van der Waals surface area contributed by atoms with Crippen LogP contribution >= 0.6 is 0 Å². The molecule has 0 fully saturated rings. The summed E-state index contributed by atoms with van der Waals surface area (Å²) in [6.07, 6.45) is -3.21. The highest BCUT2D eigenvalue weighted by Gasteiger charge is 2.17. The minimum Gasteiger partial charge on any atom is -0.463 e. The number of nitrogens with zero attached hydrogens (tertiary/aromatic N) is 2. The maximum Gasteiger partial charge on any atom is 0.221 e. The normalized spacial score (nSPS) is 12.6. The largest absolute Gasteiger partial charge is 0.463 e. The molecule has 0 aliphatic rings. The van der Waals surface area contributed by atoms with Gasteiger partial charge in [-0.15, -0.1) is 0 Å². The Labute approximate surface area is 346 Å². The summed E-state index contributed by atoms with van der Waals surface area (Å²) in [4.78, 5) is 4.26. The van der Waals surface area contributed by atoms with Crippen molar-refractivity contribution in [1.82, 2.24) is 0 Å². The maximum absolute atomic E-state index is 10.2. The lowest BCUT2D eigenvalue weighted by Gasteiger charge is -2.27. The van der Waals surface area contributed by atoms with Crippen LogP contribution in [0.25, 0.3) is 11.1 Å². The van der Waals surface area contributed by atoms with Crippen molar-refractivity contribution >= 4 is 34.1 Å². The van der Waals surface area contributed by atoms with E-state index in [0.717, 1.165) is 45.3 Å². The van der Waals surface area contributed by atoms with E-state index in [1.165, 1.54) is 0 Å². The summed E-state index contributed by atoms with van der Waals surface area (Å²) in [5.74, 6) is 1.57. The van der Waals surface area contributed by atoms with Crippen LogP contribution in [-0.2, 0) is 14.2 Å². The third-order valence-electron chi connectivity index (χ3n) is 9.09. The van der Waals surface area contributed by atoms with Crippen molar-refractivity contribution in [2.75, 3.05) is 49.4 Å². The van der Waals surface area contributed by atoms with Crippen LogP contribution in [0.15, 0.2) is 152 Å². The van der Waals surface area contributed by atoms with Crippen LogP contribution in [0.3, 0.4) is 0 Å². The molecule has 0 aliphatic heterocycles. The van der Waals surface area contributed by atoms with Crippen LogP contribution in [0.1, 0.15) is 20.8 Å². The maximum atomic E-state index is 10.2. The Bertz CT molecular complexity index is 2040. The van der Waals surface area contributed by atoms with E-state index in [-0.39, 0.29) is 19.8 Å². The van der Waals surface area contributed by atoms with Crippen molar-refractivity contribution < 1.29 is 43.7 Å². The molecule has 11 heteroatoms. The molecular weight excluding hydrogens is 749 g/mol. The average molecular weight is 801 g/mol. The second-order valence-electron chi connectivity index (χ2n) is 13.3. The zero-order chi connectivity index (χ0) is 41.4. The van der Waals surface area contributed by atoms with Crippen LogP contribution < -0.4 is 24.0 Å². The Morgan fingerprint density at radius 2 is 0.610 bits per heavy atom. The summed E-state index contributed by atoms with van der Waals surface area (Å²) in [5.41, 5.74) is 7.63. The van der Waals surface area contributed by atoms with Gasteiger partial charge in [0.05, 0.1) is 0 Å². The standard InChI is InChI=1S/C48H52N2O9/c1-4-54-32-46(51)57-43-26-20-40(21-27-43)49(37-10-8-7-9-11-37)38-16-12-35(13-17-38)36-14-18-39(19-15-36)50(41-22-28-44(29-23-41)58-47(52)33-55-5-2)42-24-30-45(31-25-42)59-48(53)34-56-6-3/h7-31,46-48,51-53H,4-6,32-34H2,1-3H3. The van der Waals surface area contributed by atoms with Crippen molar-refractivity contribution in [1.29, 1.82) is 0 Å². The second-order valence-corrected chi connectivity index (χ2v) is 13.3. The van der Waals surface area contributed by atoms with E-state index in [1.54, 1.807) is 0 Å². The minimum atomic E-state index is -1.08. The predicted octanol–water partition coefficient (Wildman–Crippen LogP) is 9.49. The van der Waals surface area contributed by atoms with Gasteiger partial charge in [0.1, 0.15) is 37.1 Å². The van der Waals surface area contributed by atoms with Gasteiger partial charge in [0.25, 0.3) is 0 Å². The lowest BCUT2D eigenvalue weighted by atomic mass is 10.0. The van der Waals surface area contributed by atoms with E-state index in [4.69, 9.17) is 28.4 Å². The topological polar surface area (TPSA) is 123 Å². The zero-order valence-electron chi connectivity index (χ0n) is 33.6. The first-order chi connectivity index (χ1) is 28.8. The minimum absolute atomic E-state index is 0.0740. The van der Waals surface area contributed by atoms with Gasteiger partial charge in [-0.3, -0.25) is 0 Å². The monoisotopic (exact) mass is 800 g/mol. The second kappa shape index (κ2) is 21.7. The first-order valence-electron chi connectivity index (χ1n) is 19.8. The van der Waals surface area contributed by atoms with E-state index in [1.807, 2.05) is 112 Å². The highest BCUT2D eigenvalue weighted by atomic mass is 16.6. The Kier molecular flexibility index (Phi) is 15.7. The molecule has 3 N–H and O–H groups in total. The first kappa shape index (κ1) is 42.7. The summed E-state index contributed by atoms with van der Waals surface area (Å²) in [6.45, 7) is 7.30. The van der Waals surface area contributed by atoms with Crippen LogP contribution in [0.5, 0.6) is 17.2 Å². The molecule has 6 rings (SSSR count). The molecule has 0 radical (unpaired) electrons. The lowest BCUT2D eigenvalue weighted by Crippen LogP contribution is -2.22. The SMILES string of the molecule is CCOCC(O)Oc1ccc(N(c2ccccc2)c2ccc(-c3ccc(N(c4ccc(OC(O)COCC)cc4)c4ccc(OC(O)COCC)cc4)cc3)cc2)cc1. The Balaban J connectivity index is 1.24. The van der Waals surface area contributed by atoms with Gasteiger partial charge in [-0.2, -0.15) is 0 Å². The lowest BCUT2D eigenvalue weighted by molar-refractivity contribution is -0.0751. The Morgan fingerprint density at radius 3 is 0.881 bits per heavy atom. The zero-order valence-corrected chi connectivity index (χ0v) is 33.6. The molecular formula is C48H52N2O9. The van der Waals surface area contributed by atoms with Gasteiger partial charge in [-0.05, 0) is 141 Å². The molecule has 6 aromatic carbocycles. The molecule has 0 heterocycles. The smallest absolute Gasteiger partial charge is 0.221 e. The van der Waals surface area contributed by atoms with Crippen molar-refractivity contribution in [3.05, 3.63) is 152 Å². The van der Waals surface area contributed by atoms with E-state index in [2.05, 4.69) is 70.5 Å². The molecule has 0 spiro atoms. The van der Waals surface area contributed by atoms with Gasteiger partial charge in [0, 0.05) is 53.9 Å². The predicted molar refractivity (Wildman–Crippen MR) is 231 cm³/mol. The van der Waals surface area contributed by atoms with E-state index < -0.39 is 18.9 Å². The van der Waals surface area contributed by atoms with E-state index in [0.29, 0.717) is 37.1 Å². The molecule has 0 aromatic heterocycles. The van der Waals surface area contributed by atoms with Crippen molar-refractivity contribution in [2.24, 2.45) is 0 Å².